The van der Waals surface area contributed by atoms with Gasteiger partial charge in [-0.25, -0.2) is 0 Å². The quantitative estimate of drug-likeness (QED) is 0.604. The van der Waals surface area contributed by atoms with Gasteiger partial charge in [0.1, 0.15) is 12.7 Å². The number of methoxy groups -OCH3 is 4. The van der Waals surface area contributed by atoms with Crippen LogP contribution in [-0.4, -0.2) is 71.7 Å². The summed E-state index contributed by atoms with van der Waals surface area (Å²) in [6.07, 6.45) is -0.000812. The molecule has 1 heterocycles. The van der Waals surface area contributed by atoms with Crippen LogP contribution in [0.1, 0.15) is 5.56 Å². The smallest absolute Gasteiger partial charge is 0.227 e. The minimum atomic E-state index is -0.220. The van der Waals surface area contributed by atoms with Gasteiger partial charge < -0.3 is 33.3 Å². The lowest BCUT2D eigenvalue weighted by Gasteiger charge is -2.33. The predicted molar refractivity (Wildman–Crippen MR) is 115 cm³/mol. The van der Waals surface area contributed by atoms with Crippen LogP contribution in [0.5, 0.6) is 28.7 Å². The molecule has 1 aliphatic heterocycles. The van der Waals surface area contributed by atoms with E-state index in [1.165, 1.54) is 0 Å². The molecule has 2 aromatic carbocycles. The number of amides is 1. The first-order chi connectivity index (χ1) is 15.1. The van der Waals surface area contributed by atoms with Crippen molar-refractivity contribution in [3.63, 3.8) is 0 Å². The Bertz CT molecular complexity index is 861. The van der Waals surface area contributed by atoms with E-state index in [2.05, 4.69) is 0 Å². The van der Waals surface area contributed by atoms with Crippen molar-refractivity contribution in [3.05, 3.63) is 42.0 Å². The van der Waals surface area contributed by atoms with Crippen molar-refractivity contribution in [1.82, 2.24) is 4.90 Å². The molecule has 2 aromatic rings. The number of hydrogen-bond acceptors (Lipinski definition) is 7. The molecule has 0 spiro atoms. The van der Waals surface area contributed by atoms with Gasteiger partial charge in [0.05, 0.1) is 48.0 Å². The van der Waals surface area contributed by atoms with Crippen molar-refractivity contribution in [2.75, 3.05) is 54.7 Å². The lowest BCUT2D eigenvalue weighted by molar-refractivity contribution is -0.139. The van der Waals surface area contributed by atoms with Gasteiger partial charge in [-0.3, -0.25) is 4.79 Å². The summed E-state index contributed by atoms with van der Waals surface area (Å²) >= 11 is 0. The highest BCUT2D eigenvalue weighted by Crippen LogP contribution is 2.38. The summed E-state index contributed by atoms with van der Waals surface area (Å²) in [4.78, 5) is 14.7. The Morgan fingerprint density at radius 2 is 1.61 bits per heavy atom. The van der Waals surface area contributed by atoms with Gasteiger partial charge in [0.2, 0.25) is 11.7 Å². The fourth-order valence-corrected chi connectivity index (χ4v) is 3.49. The van der Waals surface area contributed by atoms with E-state index < -0.39 is 0 Å². The first-order valence-electron chi connectivity index (χ1n) is 10.0. The maximum absolute atomic E-state index is 12.9. The summed E-state index contributed by atoms with van der Waals surface area (Å²) in [5.74, 6) is 2.86. The molecule has 1 fully saturated rings. The monoisotopic (exact) mass is 431 g/mol. The zero-order valence-corrected chi connectivity index (χ0v) is 18.4. The summed E-state index contributed by atoms with van der Waals surface area (Å²) in [6.45, 7) is 1.78. The average molecular weight is 431 g/mol. The Labute approximate surface area is 182 Å². The molecule has 8 heteroatoms. The van der Waals surface area contributed by atoms with E-state index in [9.17, 15) is 4.79 Å². The lowest BCUT2D eigenvalue weighted by atomic mass is 10.1. The van der Waals surface area contributed by atoms with Gasteiger partial charge in [-0.1, -0.05) is 12.1 Å². The second-order valence-electron chi connectivity index (χ2n) is 7.00. The number of morpholine rings is 1. The fraction of sp³-hybridized carbons (Fsp3) is 0.435. The molecule has 31 heavy (non-hydrogen) atoms. The summed E-state index contributed by atoms with van der Waals surface area (Å²) in [7, 11) is 6.25. The van der Waals surface area contributed by atoms with Gasteiger partial charge >= 0.3 is 0 Å². The van der Waals surface area contributed by atoms with Crippen molar-refractivity contribution < 1.29 is 33.2 Å². The van der Waals surface area contributed by atoms with Crippen LogP contribution in [0.4, 0.5) is 0 Å². The van der Waals surface area contributed by atoms with E-state index >= 15 is 0 Å². The normalized spacial score (nSPS) is 15.9. The first-order valence-corrected chi connectivity index (χ1v) is 10.0. The van der Waals surface area contributed by atoms with Crippen molar-refractivity contribution in [2.24, 2.45) is 0 Å². The highest BCUT2D eigenvalue weighted by molar-refractivity contribution is 5.79. The van der Waals surface area contributed by atoms with E-state index in [0.29, 0.717) is 55.1 Å². The number of rotatable bonds is 9. The van der Waals surface area contributed by atoms with Gasteiger partial charge in [-0.15, -0.1) is 0 Å². The lowest BCUT2D eigenvalue weighted by Crippen LogP contribution is -2.48. The molecule has 0 radical (unpaired) electrons. The molecule has 8 nitrogen and oxygen atoms in total. The molecule has 3 rings (SSSR count). The van der Waals surface area contributed by atoms with E-state index in [-0.39, 0.29) is 18.4 Å². The molecule has 1 aliphatic rings. The first kappa shape index (κ1) is 22.6. The topological polar surface area (TPSA) is 75.7 Å². The van der Waals surface area contributed by atoms with Crippen molar-refractivity contribution in [1.29, 1.82) is 0 Å². The van der Waals surface area contributed by atoms with Crippen molar-refractivity contribution in [3.8, 4) is 28.7 Å². The van der Waals surface area contributed by atoms with Gasteiger partial charge in [-0.2, -0.15) is 0 Å². The third kappa shape index (κ3) is 5.52. The minimum Gasteiger partial charge on any atom is -0.493 e. The molecule has 0 saturated carbocycles. The summed E-state index contributed by atoms with van der Waals surface area (Å²) < 4.78 is 33.1. The van der Waals surface area contributed by atoms with Crippen LogP contribution >= 0.6 is 0 Å². The summed E-state index contributed by atoms with van der Waals surface area (Å²) in [6, 6.07) is 11.0. The molecule has 1 saturated heterocycles. The molecule has 0 N–H and O–H groups in total. The number of ether oxygens (including phenoxy) is 6. The molecular weight excluding hydrogens is 402 g/mol. The number of para-hydroxylation sites is 2. The van der Waals surface area contributed by atoms with Gasteiger partial charge in [-0.05, 0) is 29.8 Å². The second kappa shape index (κ2) is 10.8. The minimum absolute atomic E-state index is 0.000125. The highest BCUT2D eigenvalue weighted by atomic mass is 16.5. The molecule has 0 bridgehead atoms. The SMILES string of the molecule is COc1ccccc1OCC1CN(C(=O)Cc2cc(OC)c(OC)c(OC)c2)CCO1. The molecule has 1 amide bonds. The van der Waals surface area contributed by atoms with E-state index in [1.54, 1.807) is 45.5 Å². The Balaban J connectivity index is 1.62. The number of carbonyl (C=O) groups excluding carboxylic acids is 1. The zero-order valence-electron chi connectivity index (χ0n) is 18.4. The van der Waals surface area contributed by atoms with Crippen LogP contribution in [0.2, 0.25) is 0 Å². The molecular formula is C23H29NO7. The second-order valence-corrected chi connectivity index (χ2v) is 7.00. The van der Waals surface area contributed by atoms with Crippen molar-refractivity contribution in [2.45, 2.75) is 12.5 Å². The van der Waals surface area contributed by atoms with E-state index in [1.807, 2.05) is 24.3 Å². The third-order valence-corrected chi connectivity index (χ3v) is 5.07. The molecule has 0 aromatic heterocycles. The third-order valence-electron chi connectivity index (χ3n) is 5.07. The molecule has 1 atom stereocenters. The van der Waals surface area contributed by atoms with Crippen LogP contribution < -0.4 is 23.7 Å². The van der Waals surface area contributed by atoms with Crippen LogP contribution in [-0.2, 0) is 16.0 Å². The fourth-order valence-electron chi connectivity index (χ4n) is 3.49. The molecule has 0 aliphatic carbocycles. The van der Waals surface area contributed by atoms with E-state index in [4.69, 9.17) is 28.4 Å². The van der Waals surface area contributed by atoms with Gasteiger partial charge in [0.25, 0.3) is 0 Å². The number of hydrogen-bond donors (Lipinski definition) is 0. The Morgan fingerprint density at radius 3 is 2.23 bits per heavy atom. The zero-order chi connectivity index (χ0) is 22.2. The van der Waals surface area contributed by atoms with Crippen LogP contribution in [0, 0.1) is 0 Å². The Morgan fingerprint density at radius 1 is 0.968 bits per heavy atom. The largest absolute Gasteiger partial charge is 0.493 e. The number of benzene rings is 2. The van der Waals surface area contributed by atoms with Crippen LogP contribution in [0.15, 0.2) is 36.4 Å². The maximum Gasteiger partial charge on any atom is 0.227 e. The van der Waals surface area contributed by atoms with Gasteiger partial charge in [0, 0.05) is 6.54 Å². The highest BCUT2D eigenvalue weighted by Gasteiger charge is 2.26. The summed E-state index contributed by atoms with van der Waals surface area (Å²) in [5, 5.41) is 0. The van der Waals surface area contributed by atoms with E-state index in [0.717, 1.165) is 5.56 Å². The summed E-state index contributed by atoms with van der Waals surface area (Å²) in [5.41, 5.74) is 0.785. The van der Waals surface area contributed by atoms with Crippen LogP contribution in [0.3, 0.4) is 0 Å². The average Bonchev–Trinajstić information content (AvgIpc) is 2.82. The predicted octanol–water partition coefficient (Wildman–Crippen LogP) is 2.57. The Kier molecular flexibility index (Phi) is 7.83. The van der Waals surface area contributed by atoms with Gasteiger partial charge in [0.15, 0.2) is 23.0 Å². The van der Waals surface area contributed by atoms with Crippen molar-refractivity contribution >= 4 is 5.91 Å². The number of nitrogens with zero attached hydrogens (tertiary/aromatic N) is 1. The maximum atomic E-state index is 12.9. The Hall–Kier alpha value is -3.13. The standard InChI is InChI=1S/C23H29NO7/c1-26-18-7-5-6-8-19(18)31-15-17-14-24(9-10-30-17)22(25)13-16-11-20(27-2)23(29-4)21(12-16)28-3/h5-8,11-12,17H,9-10,13-15H2,1-4H3. The number of carbonyl (C=O) groups is 1. The molecule has 1 unspecified atom stereocenters. The van der Waals surface area contributed by atoms with Crippen LogP contribution in [0.25, 0.3) is 0 Å². The molecule has 168 valence electrons.